The average Bonchev–Trinajstić information content (AvgIpc) is 3.60. The Bertz CT molecular complexity index is 1140. The van der Waals surface area contributed by atoms with Crippen molar-refractivity contribution in [1.82, 2.24) is 9.80 Å². The number of nitrogens with zero attached hydrogens (tertiary/aromatic N) is 2. The number of ether oxygens (including phenoxy) is 2. The fourth-order valence-electron chi connectivity index (χ4n) is 6.75. The van der Waals surface area contributed by atoms with E-state index in [4.69, 9.17) is 9.47 Å². The highest BCUT2D eigenvalue weighted by atomic mass is 16.5. The van der Waals surface area contributed by atoms with Crippen LogP contribution in [0.15, 0.2) is 35.5 Å². The Morgan fingerprint density at radius 2 is 1.39 bits per heavy atom. The lowest BCUT2D eigenvalue weighted by Crippen LogP contribution is -2.45. The maximum Gasteiger partial charge on any atom is 0.260 e. The van der Waals surface area contributed by atoms with Gasteiger partial charge < -0.3 is 9.47 Å². The van der Waals surface area contributed by atoms with Crippen LogP contribution in [0.2, 0.25) is 0 Å². The Kier molecular flexibility index (Phi) is 5.54. The Morgan fingerprint density at radius 1 is 0.750 bits per heavy atom. The van der Waals surface area contributed by atoms with Gasteiger partial charge in [-0.3, -0.25) is 29.0 Å². The minimum Gasteiger partial charge on any atom is -0.362 e. The lowest BCUT2D eigenvalue weighted by molar-refractivity contribution is -0.147. The highest BCUT2D eigenvalue weighted by molar-refractivity contribution is 6.22. The summed E-state index contributed by atoms with van der Waals surface area (Å²) in [6.45, 7) is 15.6. The van der Waals surface area contributed by atoms with Gasteiger partial charge in [0.05, 0.1) is 29.1 Å². The molecule has 6 aliphatic heterocycles. The van der Waals surface area contributed by atoms with Gasteiger partial charge >= 0.3 is 0 Å². The number of likely N-dealkylation sites (tertiary alicyclic amines) is 1. The number of rotatable bonds is 4. The molecule has 8 heteroatoms. The molecule has 4 amide bonds. The van der Waals surface area contributed by atoms with E-state index in [9.17, 15) is 19.2 Å². The molecule has 6 unspecified atom stereocenters. The lowest BCUT2D eigenvalue weighted by Gasteiger charge is -2.33. The summed E-state index contributed by atoms with van der Waals surface area (Å²) in [5, 5.41) is 0. The number of hydrogen-bond acceptors (Lipinski definition) is 6. The molecule has 0 aromatic carbocycles. The van der Waals surface area contributed by atoms with Crippen molar-refractivity contribution in [3.63, 3.8) is 0 Å². The van der Waals surface area contributed by atoms with Gasteiger partial charge in [0.2, 0.25) is 11.8 Å². The minimum atomic E-state index is -0.684. The maximum absolute atomic E-state index is 12.5. The molecule has 0 radical (unpaired) electrons. The first-order valence-electron chi connectivity index (χ1n) is 13.0. The number of fused-ring (bicyclic) bond motifs is 9. The van der Waals surface area contributed by atoms with E-state index >= 15 is 0 Å². The number of carbonyl (C=O) groups excluding carboxylic acids is 4. The van der Waals surface area contributed by atoms with E-state index in [-0.39, 0.29) is 71.6 Å². The predicted octanol–water partition coefficient (Wildman–Crippen LogP) is 2.78. The number of amides is 4. The Morgan fingerprint density at radius 3 is 1.94 bits per heavy atom. The van der Waals surface area contributed by atoms with E-state index < -0.39 is 11.2 Å². The third-order valence-corrected chi connectivity index (χ3v) is 8.57. The fourth-order valence-corrected chi connectivity index (χ4v) is 6.75. The summed E-state index contributed by atoms with van der Waals surface area (Å²) in [4.78, 5) is 52.5. The minimum absolute atomic E-state index is 0.0550. The van der Waals surface area contributed by atoms with Crippen molar-refractivity contribution in [3.8, 4) is 0 Å². The molecule has 0 saturated carbocycles. The largest absolute Gasteiger partial charge is 0.362 e. The summed E-state index contributed by atoms with van der Waals surface area (Å²) in [7, 11) is 0. The highest BCUT2D eigenvalue weighted by Gasteiger charge is 2.68. The molecule has 4 bridgehead atoms. The molecule has 36 heavy (non-hydrogen) atoms. The van der Waals surface area contributed by atoms with Crippen molar-refractivity contribution in [2.24, 2.45) is 23.7 Å². The molecule has 0 spiro atoms. The number of hydrogen-bond donors (Lipinski definition) is 0. The molecular formula is C28H36N2O6. The van der Waals surface area contributed by atoms with Gasteiger partial charge in [0, 0.05) is 12.1 Å². The summed E-state index contributed by atoms with van der Waals surface area (Å²) in [6.07, 6.45) is 7.25. The second-order valence-corrected chi connectivity index (χ2v) is 11.8. The third-order valence-electron chi connectivity index (χ3n) is 8.57. The summed E-state index contributed by atoms with van der Waals surface area (Å²) in [5.74, 6) is -0.757. The fraction of sp³-hybridized carbons (Fsp3) is 0.643. The quantitative estimate of drug-likeness (QED) is 0.439. The summed E-state index contributed by atoms with van der Waals surface area (Å²) in [5.41, 5.74) is -0.115. The summed E-state index contributed by atoms with van der Waals surface area (Å²) >= 11 is 0. The number of imide groups is 2. The van der Waals surface area contributed by atoms with Crippen LogP contribution in [0.1, 0.15) is 55.4 Å². The van der Waals surface area contributed by atoms with E-state index in [2.05, 4.69) is 0 Å². The van der Waals surface area contributed by atoms with E-state index in [1.807, 2.05) is 79.7 Å². The van der Waals surface area contributed by atoms with Crippen LogP contribution in [0.4, 0.5) is 0 Å². The van der Waals surface area contributed by atoms with Crippen LogP contribution in [-0.4, -0.2) is 68.9 Å². The van der Waals surface area contributed by atoms with E-state index in [0.717, 1.165) is 0 Å². The molecule has 2 saturated heterocycles. The average molecular weight is 497 g/mol. The molecule has 6 rings (SSSR count). The van der Waals surface area contributed by atoms with Crippen molar-refractivity contribution >= 4 is 23.6 Å². The van der Waals surface area contributed by atoms with Crippen LogP contribution in [0.3, 0.4) is 0 Å². The van der Waals surface area contributed by atoms with Gasteiger partial charge in [-0.1, -0.05) is 45.9 Å². The maximum atomic E-state index is 12.5. The Labute approximate surface area is 212 Å². The lowest BCUT2D eigenvalue weighted by atomic mass is 9.72. The van der Waals surface area contributed by atoms with E-state index in [1.54, 1.807) is 0 Å². The van der Waals surface area contributed by atoms with Gasteiger partial charge in [-0.2, -0.15) is 0 Å². The van der Waals surface area contributed by atoms with Crippen LogP contribution < -0.4 is 0 Å². The van der Waals surface area contributed by atoms with Crippen molar-refractivity contribution in [2.75, 3.05) is 0 Å². The molecule has 0 N–H and O–H groups in total. The monoisotopic (exact) mass is 496 g/mol. The van der Waals surface area contributed by atoms with Gasteiger partial charge in [-0.25, -0.2) is 0 Å². The first kappa shape index (κ1) is 25.1. The molecule has 0 aromatic rings. The van der Waals surface area contributed by atoms with E-state index in [0.29, 0.717) is 11.1 Å². The molecule has 6 aliphatic rings. The summed E-state index contributed by atoms with van der Waals surface area (Å²) < 4.78 is 11.9. The molecular weight excluding hydrogens is 460 g/mol. The predicted molar refractivity (Wildman–Crippen MR) is 131 cm³/mol. The molecule has 6 atom stereocenters. The van der Waals surface area contributed by atoms with Crippen LogP contribution >= 0.6 is 0 Å². The topological polar surface area (TPSA) is 93.2 Å². The van der Waals surface area contributed by atoms with Crippen molar-refractivity contribution in [1.29, 1.82) is 0 Å². The zero-order valence-corrected chi connectivity index (χ0v) is 22.3. The van der Waals surface area contributed by atoms with Crippen molar-refractivity contribution in [3.05, 3.63) is 35.5 Å². The van der Waals surface area contributed by atoms with Gasteiger partial charge in [-0.15, -0.1) is 0 Å². The molecule has 194 valence electrons. The SMILES string of the molecule is CC(C)N1C(=O)C2=C(C1=O)C1(C(C)C)C=CC2O1.CC(C)N1C(=O)C2C3C=CC(C(C)C)(O3)C2C1=O. The van der Waals surface area contributed by atoms with E-state index in [1.165, 1.54) is 9.80 Å². The first-order valence-corrected chi connectivity index (χ1v) is 13.0. The van der Waals surface area contributed by atoms with Crippen LogP contribution in [0.25, 0.3) is 0 Å². The molecule has 0 aromatic heterocycles. The van der Waals surface area contributed by atoms with Gasteiger partial charge in [0.1, 0.15) is 17.3 Å². The summed E-state index contributed by atoms with van der Waals surface area (Å²) in [6, 6.07) is -0.182. The number of carbonyl (C=O) groups is 4. The smallest absolute Gasteiger partial charge is 0.260 e. The zero-order valence-electron chi connectivity index (χ0n) is 22.3. The molecule has 6 heterocycles. The van der Waals surface area contributed by atoms with Crippen LogP contribution in [-0.2, 0) is 28.7 Å². The normalized spacial score (nSPS) is 37.7. The van der Waals surface area contributed by atoms with Crippen molar-refractivity contribution in [2.45, 2.75) is 90.9 Å². The molecule has 2 fully saturated rings. The van der Waals surface area contributed by atoms with Crippen molar-refractivity contribution < 1.29 is 28.7 Å². The Balaban J connectivity index is 0.000000148. The zero-order chi connectivity index (χ0) is 26.5. The standard InChI is InChI=1S/C14H19NO3.C14H17NO3/c2*1-7(2)14-6-5-9(18-14)10-11(14)13(17)15(8(3)4)12(10)16/h5-11H,1-4H3;5-9H,1-4H3. The second kappa shape index (κ2) is 7.96. The molecule has 8 nitrogen and oxygen atoms in total. The van der Waals surface area contributed by atoms with Gasteiger partial charge in [-0.05, 0) is 45.6 Å². The highest BCUT2D eigenvalue weighted by Crippen LogP contribution is 2.55. The third kappa shape index (κ3) is 2.94. The first-order chi connectivity index (χ1) is 16.8. The Hall–Kier alpha value is -2.58. The second-order valence-electron chi connectivity index (χ2n) is 11.8. The van der Waals surface area contributed by atoms with Gasteiger partial charge in [0.15, 0.2) is 0 Å². The molecule has 0 aliphatic carbocycles. The van der Waals surface area contributed by atoms with Crippen LogP contribution in [0, 0.1) is 23.7 Å². The van der Waals surface area contributed by atoms with Crippen LogP contribution in [0.5, 0.6) is 0 Å². The van der Waals surface area contributed by atoms with Gasteiger partial charge in [0.25, 0.3) is 11.8 Å².